The number of aromatic nitrogens is 1. The van der Waals surface area contributed by atoms with Gasteiger partial charge in [0, 0.05) is 11.9 Å². The summed E-state index contributed by atoms with van der Waals surface area (Å²) in [5.41, 5.74) is 3.02. The number of nitrogens with zero attached hydrogens (tertiary/aromatic N) is 2. The zero-order chi connectivity index (χ0) is 19.3. The lowest BCUT2D eigenvalue weighted by Gasteiger charge is -2.37. The molecule has 1 aliphatic heterocycles. The molecule has 1 aromatic heterocycles. The summed E-state index contributed by atoms with van der Waals surface area (Å²) in [4.78, 5) is 31.4. The minimum atomic E-state index is -0.413. The number of carbonyl (C=O) groups excluding carboxylic acids is 2. The van der Waals surface area contributed by atoms with Gasteiger partial charge in [-0.15, -0.1) is 0 Å². The lowest BCUT2D eigenvalue weighted by Crippen LogP contribution is -2.47. The molecule has 1 atom stereocenters. The molecule has 2 N–H and O–H groups in total. The number of fused-ring (bicyclic) bond motifs is 1. The second-order valence-corrected chi connectivity index (χ2v) is 6.53. The number of carbonyl (C=O) groups is 2. The minimum absolute atomic E-state index is 0.0490. The zero-order valence-corrected chi connectivity index (χ0v) is 15.2. The fourth-order valence-corrected chi connectivity index (χ4v) is 3.26. The van der Waals surface area contributed by atoms with E-state index in [4.69, 9.17) is 0 Å². The van der Waals surface area contributed by atoms with Crippen LogP contribution in [-0.2, 0) is 11.3 Å². The highest BCUT2D eigenvalue weighted by atomic mass is 16.2. The van der Waals surface area contributed by atoms with Crippen molar-refractivity contribution in [3.05, 3.63) is 95.8 Å². The first-order chi connectivity index (χ1) is 13.7. The van der Waals surface area contributed by atoms with Crippen LogP contribution in [-0.4, -0.2) is 28.2 Å². The van der Waals surface area contributed by atoms with E-state index in [1.807, 2.05) is 66.7 Å². The fraction of sp³-hybridized carbons (Fsp3) is 0.136. The van der Waals surface area contributed by atoms with Crippen LogP contribution >= 0.6 is 0 Å². The summed E-state index contributed by atoms with van der Waals surface area (Å²) in [5, 5.41) is 6.23. The van der Waals surface area contributed by atoms with Crippen LogP contribution < -0.4 is 10.6 Å². The molecule has 0 bridgehead atoms. The number of para-hydroxylation sites is 1. The van der Waals surface area contributed by atoms with Crippen LogP contribution in [0.25, 0.3) is 0 Å². The van der Waals surface area contributed by atoms with Crippen molar-refractivity contribution in [1.82, 2.24) is 15.2 Å². The minimum Gasteiger partial charge on any atom is -0.361 e. The third-order valence-electron chi connectivity index (χ3n) is 4.64. The van der Waals surface area contributed by atoms with Crippen LogP contribution in [0.5, 0.6) is 0 Å². The summed E-state index contributed by atoms with van der Waals surface area (Å²) in [5.74, 6) is -0.405. The Balaban J connectivity index is 1.55. The Bertz CT molecular complexity index is 976. The SMILES string of the molecule is O=C(CN1C(=O)c2ccccc2N[C@H]1c1ccccc1)NCc1ccccn1. The number of hydrogen-bond acceptors (Lipinski definition) is 4. The normalized spacial score (nSPS) is 15.5. The highest BCUT2D eigenvalue weighted by Crippen LogP contribution is 2.32. The molecule has 0 fully saturated rings. The van der Waals surface area contributed by atoms with Gasteiger partial charge in [0.2, 0.25) is 5.91 Å². The maximum Gasteiger partial charge on any atom is 0.258 e. The number of rotatable bonds is 5. The molecule has 0 radical (unpaired) electrons. The zero-order valence-electron chi connectivity index (χ0n) is 15.2. The molecule has 4 rings (SSSR count). The van der Waals surface area contributed by atoms with Crippen molar-refractivity contribution in [2.45, 2.75) is 12.7 Å². The standard InChI is InChI=1S/C22H20N4O2/c27-20(24-14-17-10-6-7-13-23-17)15-26-21(16-8-2-1-3-9-16)25-19-12-5-4-11-18(19)22(26)28/h1-13,21,25H,14-15H2,(H,24,27)/t21-/m1/s1. The molecule has 28 heavy (non-hydrogen) atoms. The highest BCUT2D eigenvalue weighted by Gasteiger charge is 2.33. The maximum absolute atomic E-state index is 13.1. The van der Waals surface area contributed by atoms with Gasteiger partial charge in [-0.05, 0) is 29.8 Å². The van der Waals surface area contributed by atoms with Gasteiger partial charge in [0.15, 0.2) is 0 Å². The first-order valence-corrected chi connectivity index (χ1v) is 9.10. The first-order valence-electron chi connectivity index (χ1n) is 9.10. The van der Waals surface area contributed by atoms with E-state index in [0.29, 0.717) is 12.1 Å². The van der Waals surface area contributed by atoms with Gasteiger partial charge in [-0.3, -0.25) is 14.6 Å². The number of benzene rings is 2. The van der Waals surface area contributed by atoms with E-state index >= 15 is 0 Å². The summed E-state index contributed by atoms with van der Waals surface area (Å²) in [7, 11) is 0. The van der Waals surface area contributed by atoms with Crippen molar-refractivity contribution in [2.24, 2.45) is 0 Å². The second-order valence-electron chi connectivity index (χ2n) is 6.53. The Hall–Kier alpha value is -3.67. The lowest BCUT2D eigenvalue weighted by molar-refractivity contribution is -0.122. The molecule has 2 amide bonds. The maximum atomic E-state index is 13.1. The van der Waals surface area contributed by atoms with Crippen LogP contribution in [0.2, 0.25) is 0 Å². The molecule has 6 nitrogen and oxygen atoms in total. The van der Waals surface area contributed by atoms with Crippen molar-refractivity contribution >= 4 is 17.5 Å². The summed E-state index contributed by atoms with van der Waals surface area (Å²) in [6, 6.07) is 22.5. The quantitative estimate of drug-likeness (QED) is 0.722. The fourth-order valence-electron chi connectivity index (χ4n) is 3.26. The van der Waals surface area contributed by atoms with Crippen LogP contribution in [0.3, 0.4) is 0 Å². The van der Waals surface area contributed by atoms with E-state index in [0.717, 1.165) is 16.9 Å². The van der Waals surface area contributed by atoms with Crippen LogP contribution in [0.4, 0.5) is 5.69 Å². The number of anilines is 1. The predicted octanol–water partition coefficient (Wildman–Crippen LogP) is 2.96. The highest BCUT2D eigenvalue weighted by molar-refractivity contribution is 6.03. The molecule has 0 saturated carbocycles. The molecule has 2 aromatic carbocycles. The summed E-state index contributed by atoms with van der Waals surface area (Å²) in [6.07, 6.45) is 1.27. The Morgan fingerprint density at radius 3 is 2.54 bits per heavy atom. The molecular formula is C22H20N4O2. The molecule has 2 heterocycles. The van der Waals surface area contributed by atoms with E-state index in [-0.39, 0.29) is 18.4 Å². The number of hydrogen-bond donors (Lipinski definition) is 2. The molecule has 0 unspecified atom stereocenters. The predicted molar refractivity (Wildman–Crippen MR) is 106 cm³/mol. The third-order valence-corrected chi connectivity index (χ3v) is 4.64. The third kappa shape index (κ3) is 3.71. The van der Waals surface area contributed by atoms with Gasteiger partial charge in [0.1, 0.15) is 12.7 Å². The largest absolute Gasteiger partial charge is 0.361 e. The Morgan fingerprint density at radius 1 is 1.00 bits per heavy atom. The number of nitrogens with one attached hydrogen (secondary N) is 2. The van der Waals surface area contributed by atoms with Crippen LogP contribution in [0.1, 0.15) is 27.8 Å². The molecule has 0 aliphatic carbocycles. The second kappa shape index (κ2) is 7.92. The van der Waals surface area contributed by atoms with Gasteiger partial charge in [-0.2, -0.15) is 0 Å². The van der Waals surface area contributed by atoms with Crippen molar-refractivity contribution in [1.29, 1.82) is 0 Å². The van der Waals surface area contributed by atoms with Crippen LogP contribution in [0.15, 0.2) is 79.0 Å². The average Bonchev–Trinajstić information content (AvgIpc) is 2.75. The molecule has 3 aromatic rings. The number of amides is 2. The number of pyridine rings is 1. The average molecular weight is 372 g/mol. The summed E-state index contributed by atoms with van der Waals surface area (Å²) < 4.78 is 0. The Morgan fingerprint density at radius 2 is 1.75 bits per heavy atom. The first kappa shape index (κ1) is 17.7. The van der Waals surface area contributed by atoms with Gasteiger partial charge in [-0.1, -0.05) is 48.5 Å². The van der Waals surface area contributed by atoms with E-state index in [2.05, 4.69) is 15.6 Å². The van der Waals surface area contributed by atoms with E-state index in [1.54, 1.807) is 17.2 Å². The topological polar surface area (TPSA) is 74.3 Å². The van der Waals surface area contributed by atoms with E-state index in [9.17, 15) is 9.59 Å². The molecule has 0 saturated heterocycles. The van der Waals surface area contributed by atoms with E-state index in [1.165, 1.54) is 0 Å². The van der Waals surface area contributed by atoms with Gasteiger partial charge < -0.3 is 15.5 Å². The van der Waals surface area contributed by atoms with Crippen molar-refractivity contribution in [3.8, 4) is 0 Å². The van der Waals surface area contributed by atoms with Crippen molar-refractivity contribution in [3.63, 3.8) is 0 Å². The molecule has 140 valence electrons. The Kier molecular flexibility index (Phi) is 5.01. The summed E-state index contributed by atoms with van der Waals surface area (Å²) >= 11 is 0. The van der Waals surface area contributed by atoms with Gasteiger partial charge in [0.25, 0.3) is 5.91 Å². The molecular weight excluding hydrogens is 352 g/mol. The lowest BCUT2D eigenvalue weighted by atomic mass is 10.0. The monoisotopic (exact) mass is 372 g/mol. The van der Waals surface area contributed by atoms with Gasteiger partial charge >= 0.3 is 0 Å². The van der Waals surface area contributed by atoms with E-state index < -0.39 is 6.17 Å². The van der Waals surface area contributed by atoms with Gasteiger partial charge in [-0.25, -0.2) is 0 Å². The van der Waals surface area contributed by atoms with Crippen molar-refractivity contribution in [2.75, 3.05) is 11.9 Å². The molecule has 1 aliphatic rings. The smallest absolute Gasteiger partial charge is 0.258 e. The van der Waals surface area contributed by atoms with Crippen LogP contribution in [0, 0.1) is 0 Å². The molecule has 0 spiro atoms. The van der Waals surface area contributed by atoms with Crippen molar-refractivity contribution < 1.29 is 9.59 Å². The summed E-state index contributed by atoms with van der Waals surface area (Å²) in [6.45, 7) is 0.272. The molecule has 6 heteroatoms. The Labute approximate surface area is 163 Å². The van der Waals surface area contributed by atoms with Gasteiger partial charge in [0.05, 0.1) is 17.8 Å².